The highest BCUT2D eigenvalue weighted by Gasteiger charge is 2.31. The van der Waals surface area contributed by atoms with Gasteiger partial charge in [0.25, 0.3) is 0 Å². The molecule has 0 unspecified atom stereocenters. The minimum Gasteiger partial charge on any atom is -0.398 e. The van der Waals surface area contributed by atoms with Crippen molar-refractivity contribution < 1.29 is 8.42 Å². The molecule has 2 N–H and O–H groups in total. The van der Waals surface area contributed by atoms with Crippen molar-refractivity contribution in [2.75, 3.05) is 38.5 Å². The van der Waals surface area contributed by atoms with Crippen molar-refractivity contribution in [1.29, 1.82) is 0 Å². The van der Waals surface area contributed by atoms with Crippen LogP contribution < -0.4 is 5.73 Å². The Labute approximate surface area is 127 Å². The Morgan fingerprint density at radius 1 is 1.10 bits per heavy atom. The molecule has 21 heavy (non-hydrogen) atoms. The number of nitrogens with zero attached hydrogens (tertiary/aromatic N) is 2. The van der Waals surface area contributed by atoms with Gasteiger partial charge in [-0.05, 0) is 44.0 Å². The van der Waals surface area contributed by atoms with Gasteiger partial charge in [-0.15, -0.1) is 0 Å². The van der Waals surface area contributed by atoms with Crippen LogP contribution in [0.15, 0.2) is 11.0 Å². The number of anilines is 1. The lowest BCUT2D eigenvalue weighted by molar-refractivity contribution is 0.196. The average molecular weight is 311 g/mol. The van der Waals surface area contributed by atoms with E-state index in [0.29, 0.717) is 29.2 Å². The number of nitrogens with two attached hydrogens (primary N) is 1. The summed E-state index contributed by atoms with van der Waals surface area (Å²) in [5.74, 6) is 0. The lowest BCUT2D eigenvalue weighted by Gasteiger charge is -2.34. The van der Waals surface area contributed by atoms with Crippen LogP contribution in [0.5, 0.6) is 0 Å². The molecule has 1 fully saturated rings. The van der Waals surface area contributed by atoms with Crippen molar-refractivity contribution in [3.05, 3.63) is 22.8 Å². The van der Waals surface area contributed by atoms with Crippen molar-refractivity contribution in [3.8, 4) is 0 Å². The van der Waals surface area contributed by atoms with Gasteiger partial charge in [0.2, 0.25) is 10.0 Å². The molecule has 1 aromatic carbocycles. The molecule has 0 bridgehead atoms. The molecular formula is C15H25N3O2S. The van der Waals surface area contributed by atoms with Gasteiger partial charge in [0.1, 0.15) is 0 Å². The first-order valence-electron chi connectivity index (χ1n) is 7.37. The number of benzene rings is 1. The Morgan fingerprint density at radius 2 is 1.67 bits per heavy atom. The molecule has 1 heterocycles. The molecule has 1 aliphatic heterocycles. The summed E-state index contributed by atoms with van der Waals surface area (Å²) in [6.07, 6.45) is 0. The van der Waals surface area contributed by atoms with Crippen molar-refractivity contribution in [2.24, 2.45) is 0 Å². The second-order valence-electron chi connectivity index (χ2n) is 5.72. The van der Waals surface area contributed by atoms with Crippen LogP contribution in [0.25, 0.3) is 0 Å². The number of hydrogen-bond donors (Lipinski definition) is 1. The van der Waals surface area contributed by atoms with Gasteiger partial charge >= 0.3 is 0 Å². The zero-order chi connectivity index (χ0) is 15.8. The van der Waals surface area contributed by atoms with Crippen molar-refractivity contribution in [2.45, 2.75) is 32.6 Å². The molecule has 1 aromatic rings. The lowest BCUT2D eigenvalue weighted by Crippen LogP contribution is -2.48. The van der Waals surface area contributed by atoms with E-state index < -0.39 is 10.0 Å². The van der Waals surface area contributed by atoms with Gasteiger partial charge < -0.3 is 10.6 Å². The first-order chi connectivity index (χ1) is 9.78. The van der Waals surface area contributed by atoms with Gasteiger partial charge in [-0.3, -0.25) is 0 Å². The van der Waals surface area contributed by atoms with Crippen LogP contribution in [0.3, 0.4) is 0 Å². The van der Waals surface area contributed by atoms with Crippen LogP contribution in [-0.4, -0.2) is 50.3 Å². The van der Waals surface area contributed by atoms with Gasteiger partial charge in [-0.25, -0.2) is 8.42 Å². The molecule has 5 nitrogen and oxygen atoms in total. The summed E-state index contributed by atoms with van der Waals surface area (Å²) in [5, 5.41) is 0. The van der Waals surface area contributed by atoms with Crippen LogP contribution in [0.1, 0.15) is 23.6 Å². The molecule has 2 rings (SSSR count). The highest BCUT2D eigenvalue weighted by Crippen LogP contribution is 2.30. The Balaban J connectivity index is 2.40. The van der Waals surface area contributed by atoms with E-state index >= 15 is 0 Å². The molecule has 0 aliphatic carbocycles. The second kappa shape index (κ2) is 5.94. The van der Waals surface area contributed by atoms with Crippen molar-refractivity contribution in [1.82, 2.24) is 9.21 Å². The molecule has 0 aromatic heterocycles. The van der Waals surface area contributed by atoms with Gasteiger partial charge in [0.05, 0.1) is 4.90 Å². The van der Waals surface area contributed by atoms with E-state index in [1.165, 1.54) is 0 Å². The standard InChI is InChI=1S/C15H25N3O2S/c1-5-17-6-8-18(9-7-17)21(19,20)15-12(3)10-11(2)14(16)13(15)4/h10H,5-9,16H2,1-4H3. The zero-order valence-corrected chi connectivity index (χ0v) is 14.1. The maximum absolute atomic E-state index is 12.9. The number of rotatable bonds is 3. The number of aryl methyl sites for hydroxylation is 2. The molecule has 1 saturated heterocycles. The van der Waals surface area contributed by atoms with Crippen LogP contribution in [0, 0.1) is 20.8 Å². The largest absolute Gasteiger partial charge is 0.398 e. The maximum Gasteiger partial charge on any atom is 0.243 e. The van der Waals surface area contributed by atoms with E-state index in [1.54, 1.807) is 11.2 Å². The van der Waals surface area contributed by atoms with E-state index in [4.69, 9.17) is 5.73 Å². The summed E-state index contributed by atoms with van der Waals surface area (Å²) >= 11 is 0. The second-order valence-corrected chi connectivity index (χ2v) is 7.59. The fourth-order valence-corrected chi connectivity index (χ4v) is 4.86. The fraction of sp³-hybridized carbons (Fsp3) is 0.600. The number of sulfonamides is 1. The summed E-state index contributed by atoms with van der Waals surface area (Å²) in [7, 11) is -3.47. The fourth-order valence-electron chi connectivity index (χ4n) is 2.99. The van der Waals surface area contributed by atoms with Crippen LogP contribution >= 0.6 is 0 Å². The summed E-state index contributed by atoms with van der Waals surface area (Å²) < 4.78 is 27.5. The summed E-state index contributed by atoms with van der Waals surface area (Å²) in [4.78, 5) is 2.64. The van der Waals surface area contributed by atoms with Crippen LogP contribution in [0.2, 0.25) is 0 Å². The van der Waals surface area contributed by atoms with Gasteiger partial charge in [-0.2, -0.15) is 4.31 Å². The van der Waals surface area contributed by atoms with Gasteiger partial charge in [0.15, 0.2) is 0 Å². The van der Waals surface area contributed by atoms with Gasteiger partial charge in [-0.1, -0.05) is 13.0 Å². The average Bonchev–Trinajstić information content (AvgIpc) is 2.44. The number of hydrogen-bond acceptors (Lipinski definition) is 4. The van der Waals surface area contributed by atoms with E-state index in [9.17, 15) is 8.42 Å². The topological polar surface area (TPSA) is 66.6 Å². The highest BCUT2D eigenvalue weighted by molar-refractivity contribution is 7.89. The summed E-state index contributed by atoms with van der Waals surface area (Å²) in [6.45, 7) is 11.3. The Hall–Kier alpha value is -1.11. The third-order valence-electron chi connectivity index (χ3n) is 4.34. The van der Waals surface area contributed by atoms with E-state index in [-0.39, 0.29) is 0 Å². The van der Waals surface area contributed by atoms with Crippen molar-refractivity contribution in [3.63, 3.8) is 0 Å². The van der Waals surface area contributed by atoms with Crippen LogP contribution in [0.4, 0.5) is 5.69 Å². The van der Waals surface area contributed by atoms with Crippen molar-refractivity contribution >= 4 is 15.7 Å². The molecule has 0 radical (unpaired) electrons. The minimum absolute atomic E-state index is 0.385. The normalized spacial score (nSPS) is 18.1. The highest BCUT2D eigenvalue weighted by atomic mass is 32.2. The number of piperazine rings is 1. The third kappa shape index (κ3) is 2.93. The number of nitrogen functional groups attached to an aromatic ring is 1. The monoisotopic (exact) mass is 311 g/mol. The van der Waals surface area contributed by atoms with E-state index in [2.05, 4.69) is 11.8 Å². The Bertz CT molecular complexity index is 633. The maximum atomic E-state index is 12.9. The molecule has 0 atom stereocenters. The minimum atomic E-state index is -3.47. The molecule has 1 aliphatic rings. The zero-order valence-electron chi connectivity index (χ0n) is 13.3. The predicted molar refractivity (Wildman–Crippen MR) is 85.9 cm³/mol. The summed E-state index contributed by atoms with van der Waals surface area (Å²) in [5.41, 5.74) is 8.98. The third-order valence-corrected chi connectivity index (χ3v) is 6.53. The Morgan fingerprint density at radius 3 is 2.19 bits per heavy atom. The van der Waals surface area contributed by atoms with Gasteiger partial charge in [0, 0.05) is 31.9 Å². The molecular weight excluding hydrogens is 286 g/mol. The smallest absolute Gasteiger partial charge is 0.243 e. The molecule has 0 amide bonds. The van der Waals surface area contributed by atoms with E-state index in [0.717, 1.165) is 30.8 Å². The molecule has 0 spiro atoms. The first kappa shape index (κ1) is 16.3. The molecule has 0 saturated carbocycles. The Kier molecular flexibility index (Phi) is 4.60. The first-order valence-corrected chi connectivity index (χ1v) is 8.81. The molecule has 118 valence electrons. The SMILES string of the molecule is CCN1CCN(S(=O)(=O)c2c(C)cc(C)c(N)c2C)CC1. The van der Waals surface area contributed by atoms with E-state index in [1.807, 2.05) is 19.9 Å². The number of likely N-dealkylation sites (N-methyl/N-ethyl adjacent to an activating group) is 1. The summed E-state index contributed by atoms with van der Waals surface area (Å²) in [6, 6.07) is 1.86. The van der Waals surface area contributed by atoms with Crippen LogP contribution in [-0.2, 0) is 10.0 Å². The quantitative estimate of drug-likeness (QED) is 0.860. The molecule has 6 heteroatoms. The predicted octanol–water partition coefficient (Wildman–Crippen LogP) is 1.52. The lowest BCUT2D eigenvalue weighted by atomic mass is 10.1.